The number of benzene rings is 2. The van der Waals surface area contributed by atoms with Crippen LogP contribution in [0.3, 0.4) is 0 Å². The summed E-state index contributed by atoms with van der Waals surface area (Å²) in [6.07, 6.45) is -2.43. The molecule has 0 aromatic heterocycles. The van der Waals surface area contributed by atoms with Crippen LogP contribution in [-0.4, -0.2) is 66.6 Å². The second-order valence-corrected chi connectivity index (χ2v) is 7.97. The Hall–Kier alpha value is -1.71. The molecule has 7 nitrogen and oxygen atoms in total. The predicted molar refractivity (Wildman–Crippen MR) is 117 cm³/mol. The maximum atomic E-state index is 10.1. The van der Waals surface area contributed by atoms with Crippen molar-refractivity contribution in [3.8, 4) is 5.75 Å². The molecule has 1 aliphatic rings. The highest BCUT2D eigenvalue weighted by molar-refractivity contribution is 6.31. The smallest absolute Gasteiger partial charge is 0.119 e. The van der Waals surface area contributed by atoms with Crippen molar-refractivity contribution in [2.24, 2.45) is 5.73 Å². The molecule has 5 N–H and O–H groups in total. The molecule has 1 saturated heterocycles. The number of rotatable bonds is 10. The Morgan fingerprint density at radius 1 is 1.06 bits per heavy atom. The quantitative estimate of drug-likeness (QED) is 0.407. The second kappa shape index (κ2) is 11.8. The average molecular weight is 452 g/mol. The van der Waals surface area contributed by atoms with E-state index >= 15 is 0 Å². The van der Waals surface area contributed by atoms with Gasteiger partial charge in [-0.25, -0.2) is 0 Å². The molecule has 8 heteroatoms. The van der Waals surface area contributed by atoms with E-state index in [4.69, 9.17) is 31.5 Å². The predicted octanol–water partition coefficient (Wildman–Crippen LogP) is 1.83. The molecule has 3 unspecified atom stereocenters. The summed E-state index contributed by atoms with van der Waals surface area (Å²) >= 11 is 6.42. The molecule has 31 heavy (non-hydrogen) atoms. The van der Waals surface area contributed by atoms with Crippen molar-refractivity contribution in [1.82, 2.24) is 0 Å². The van der Waals surface area contributed by atoms with Gasteiger partial charge < -0.3 is 35.3 Å². The number of ether oxygens (including phenoxy) is 3. The molecule has 1 heterocycles. The minimum atomic E-state index is -1.10. The highest BCUT2D eigenvalue weighted by Gasteiger charge is 2.37. The largest absolute Gasteiger partial charge is 0.491 e. The molecule has 4 atom stereocenters. The van der Waals surface area contributed by atoms with Gasteiger partial charge in [0.25, 0.3) is 0 Å². The van der Waals surface area contributed by atoms with Gasteiger partial charge in [0.15, 0.2) is 0 Å². The Morgan fingerprint density at radius 3 is 2.55 bits per heavy atom. The summed E-state index contributed by atoms with van der Waals surface area (Å²) in [4.78, 5) is 0. The van der Waals surface area contributed by atoms with E-state index in [-0.39, 0.29) is 13.0 Å². The second-order valence-electron chi connectivity index (χ2n) is 7.56. The number of halogens is 1. The van der Waals surface area contributed by atoms with E-state index < -0.39 is 24.4 Å². The van der Waals surface area contributed by atoms with Gasteiger partial charge in [-0.15, -0.1) is 0 Å². The standard InChI is InChI=1S/C23H30ClNO6/c24-19-6-3-16(21-13-20(27)23(28)22(14-26)31-21)12-17(19)11-15-1-4-18(5-2-15)30-10-9-29-8-7-25/h1-6,12,20-23,26-28H,7-11,13-14,25H2/t20?,21?,22?,23-/m0/s1. The van der Waals surface area contributed by atoms with E-state index in [2.05, 4.69) is 0 Å². The first-order valence-corrected chi connectivity index (χ1v) is 10.8. The average Bonchev–Trinajstić information content (AvgIpc) is 2.78. The third-order valence-corrected chi connectivity index (χ3v) is 5.64. The van der Waals surface area contributed by atoms with Crippen LogP contribution in [0.15, 0.2) is 42.5 Å². The topological polar surface area (TPSA) is 114 Å². The van der Waals surface area contributed by atoms with E-state index in [1.165, 1.54) is 0 Å². The first-order chi connectivity index (χ1) is 15.0. The Kier molecular flexibility index (Phi) is 9.10. The minimum Gasteiger partial charge on any atom is -0.491 e. The fraction of sp³-hybridized carbons (Fsp3) is 0.478. The van der Waals surface area contributed by atoms with E-state index in [0.717, 1.165) is 22.4 Å². The summed E-state index contributed by atoms with van der Waals surface area (Å²) in [5.41, 5.74) is 8.22. The monoisotopic (exact) mass is 451 g/mol. The summed E-state index contributed by atoms with van der Waals surface area (Å²) < 4.78 is 16.7. The minimum absolute atomic E-state index is 0.250. The maximum absolute atomic E-state index is 10.1. The van der Waals surface area contributed by atoms with Crippen molar-refractivity contribution in [3.63, 3.8) is 0 Å². The maximum Gasteiger partial charge on any atom is 0.119 e. The molecule has 2 aromatic carbocycles. The third-order valence-electron chi connectivity index (χ3n) is 5.27. The fourth-order valence-corrected chi connectivity index (χ4v) is 3.76. The van der Waals surface area contributed by atoms with E-state index in [9.17, 15) is 15.3 Å². The molecule has 170 valence electrons. The van der Waals surface area contributed by atoms with Gasteiger partial charge in [-0.1, -0.05) is 35.9 Å². The van der Waals surface area contributed by atoms with Crippen LogP contribution in [0.4, 0.5) is 0 Å². The van der Waals surface area contributed by atoms with Crippen LogP contribution >= 0.6 is 11.6 Å². The van der Waals surface area contributed by atoms with Crippen molar-refractivity contribution in [1.29, 1.82) is 0 Å². The summed E-state index contributed by atoms with van der Waals surface area (Å²) in [6, 6.07) is 13.4. The lowest BCUT2D eigenvalue weighted by molar-refractivity contribution is -0.181. The van der Waals surface area contributed by atoms with Crippen LogP contribution in [0.2, 0.25) is 5.02 Å². The van der Waals surface area contributed by atoms with Gasteiger partial charge in [0, 0.05) is 18.0 Å². The zero-order valence-electron chi connectivity index (χ0n) is 17.3. The lowest BCUT2D eigenvalue weighted by Crippen LogP contribution is -2.47. The highest BCUT2D eigenvalue weighted by Crippen LogP contribution is 2.34. The van der Waals surface area contributed by atoms with Crippen LogP contribution in [0.25, 0.3) is 0 Å². The molecule has 0 radical (unpaired) electrons. The number of hydrogen-bond acceptors (Lipinski definition) is 7. The van der Waals surface area contributed by atoms with Crippen molar-refractivity contribution >= 4 is 11.6 Å². The Balaban J connectivity index is 1.63. The van der Waals surface area contributed by atoms with Crippen molar-refractivity contribution in [2.45, 2.75) is 37.3 Å². The van der Waals surface area contributed by atoms with Crippen molar-refractivity contribution in [2.75, 3.05) is 33.0 Å². The van der Waals surface area contributed by atoms with Gasteiger partial charge in [-0.2, -0.15) is 0 Å². The number of aliphatic hydroxyl groups excluding tert-OH is 3. The van der Waals surface area contributed by atoms with Gasteiger partial charge in [0.1, 0.15) is 24.6 Å². The van der Waals surface area contributed by atoms with Gasteiger partial charge in [-0.05, 0) is 41.3 Å². The first kappa shape index (κ1) is 23.9. The molecule has 1 aliphatic heterocycles. The molecule has 1 fully saturated rings. The van der Waals surface area contributed by atoms with E-state index in [1.807, 2.05) is 36.4 Å². The van der Waals surface area contributed by atoms with Crippen LogP contribution < -0.4 is 10.5 Å². The Labute approximate surface area is 187 Å². The van der Waals surface area contributed by atoms with Crippen LogP contribution in [0, 0.1) is 0 Å². The van der Waals surface area contributed by atoms with Gasteiger partial charge in [0.2, 0.25) is 0 Å². The lowest BCUT2D eigenvalue weighted by Gasteiger charge is -2.36. The summed E-state index contributed by atoms with van der Waals surface area (Å²) in [5, 5.41) is 30.1. The molecule has 3 rings (SSSR count). The van der Waals surface area contributed by atoms with E-state index in [0.29, 0.717) is 37.8 Å². The molecular weight excluding hydrogens is 422 g/mol. The summed E-state index contributed by atoms with van der Waals surface area (Å²) in [7, 11) is 0. The molecule has 0 saturated carbocycles. The number of nitrogens with two attached hydrogens (primary N) is 1. The first-order valence-electron chi connectivity index (χ1n) is 10.4. The van der Waals surface area contributed by atoms with Crippen molar-refractivity contribution < 1.29 is 29.5 Å². The fourth-order valence-electron chi connectivity index (χ4n) is 3.58. The van der Waals surface area contributed by atoms with E-state index in [1.54, 1.807) is 6.07 Å². The van der Waals surface area contributed by atoms with Crippen molar-refractivity contribution in [3.05, 3.63) is 64.2 Å². The van der Waals surface area contributed by atoms with Gasteiger partial charge >= 0.3 is 0 Å². The Morgan fingerprint density at radius 2 is 1.84 bits per heavy atom. The summed E-state index contributed by atoms with van der Waals surface area (Å²) in [5.74, 6) is 0.762. The summed E-state index contributed by atoms with van der Waals surface area (Å²) in [6.45, 7) is 1.62. The van der Waals surface area contributed by atoms with Crippen LogP contribution in [-0.2, 0) is 15.9 Å². The number of hydrogen-bond donors (Lipinski definition) is 4. The van der Waals surface area contributed by atoms with Crippen LogP contribution in [0.1, 0.15) is 29.2 Å². The van der Waals surface area contributed by atoms with Crippen LogP contribution in [0.5, 0.6) is 5.75 Å². The third kappa shape index (κ3) is 6.63. The Bertz CT molecular complexity index is 818. The molecule has 2 aromatic rings. The lowest BCUT2D eigenvalue weighted by atomic mass is 9.92. The molecule has 0 bridgehead atoms. The molecular formula is C23H30ClNO6. The SMILES string of the molecule is NCCOCCOc1ccc(Cc2cc(C3CC(O)[C@H](O)C(CO)O3)ccc2Cl)cc1. The molecule has 0 amide bonds. The van der Waals surface area contributed by atoms with Gasteiger partial charge in [-0.3, -0.25) is 0 Å². The zero-order valence-corrected chi connectivity index (χ0v) is 18.1. The zero-order chi connectivity index (χ0) is 22.2. The number of aliphatic hydroxyl groups is 3. The highest BCUT2D eigenvalue weighted by atomic mass is 35.5. The molecule has 0 spiro atoms. The molecule has 0 aliphatic carbocycles. The normalized spacial score (nSPS) is 23.6. The van der Waals surface area contributed by atoms with Gasteiger partial charge in [0.05, 0.1) is 32.0 Å².